The zero-order valence-corrected chi connectivity index (χ0v) is 20.3. The largest absolute Gasteiger partial charge is 0.465 e. The highest BCUT2D eigenvalue weighted by molar-refractivity contribution is 7.00. The summed E-state index contributed by atoms with van der Waals surface area (Å²) in [5, 5.41) is 0.446. The second-order valence-electron chi connectivity index (χ2n) is 6.85. The van der Waals surface area contributed by atoms with E-state index in [0.29, 0.717) is 27.2 Å². The Morgan fingerprint density at radius 2 is 1.57 bits per heavy atom. The van der Waals surface area contributed by atoms with Crippen LogP contribution in [0.3, 0.4) is 0 Å². The van der Waals surface area contributed by atoms with Crippen LogP contribution in [0.5, 0.6) is 0 Å². The van der Waals surface area contributed by atoms with Crippen LogP contribution < -0.4 is 0 Å². The molecule has 0 aliphatic heterocycles. The summed E-state index contributed by atoms with van der Waals surface area (Å²) in [4.78, 5) is 26.2. The van der Waals surface area contributed by atoms with Gasteiger partial charge in [0, 0.05) is 0 Å². The highest BCUT2D eigenvalue weighted by atomic mass is 35.5. The van der Waals surface area contributed by atoms with Gasteiger partial charge >= 0.3 is 5.97 Å². The molecule has 4 nitrogen and oxygen atoms in total. The molecular formula is C23H29Cl2O4P. The Balaban J connectivity index is 0.00000218. The number of hydrogen-bond donors (Lipinski definition) is 0. The number of benzene rings is 2. The number of halogens is 2. The molecule has 0 saturated heterocycles. The van der Waals surface area contributed by atoms with E-state index >= 15 is 0 Å². The number of hydrogen-bond acceptors (Lipinski definition) is 4. The lowest BCUT2D eigenvalue weighted by molar-refractivity contribution is -0.145. The van der Waals surface area contributed by atoms with Gasteiger partial charge in [-0.1, -0.05) is 92.7 Å². The van der Waals surface area contributed by atoms with E-state index in [1.807, 2.05) is 6.07 Å². The van der Waals surface area contributed by atoms with Gasteiger partial charge in [-0.15, -0.1) is 0 Å². The second kappa shape index (κ2) is 14.4. The van der Waals surface area contributed by atoms with Crippen molar-refractivity contribution in [3.63, 3.8) is 0 Å². The molecule has 0 heterocycles. The summed E-state index contributed by atoms with van der Waals surface area (Å²) in [6, 6.07) is 13.7. The van der Waals surface area contributed by atoms with Gasteiger partial charge in [-0.05, 0) is 30.0 Å². The predicted molar refractivity (Wildman–Crippen MR) is 126 cm³/mol. The summed E-state index contributed by atoms with van der Waals surface area (Å²) in [7, 11) is 0.611. The van der Waals surface area contributed by atoms with Gasteiger partial charge in [-0.2, -0.15) is 0 Å². The van der Waals surface area contributed by atoms with Crippen LogP contribution in [0.25, 0.3) is 0 Å². The molecule has 164 valence electrons. The van der Waals surface area contributed by atoms with Gasteiger partial charge in [0.2, 0.25) is 0 Å². The molecule has 30 heavy (non-hydrogen) atoms. The van der Waals surface area contributed by atoms with Gasteiger partial charge in [-0.3, -0.25) is 9.59 Å². The number of rotatable bonds is 10. The van der Waals surface area contributed by atoms with Crippen molar-refractivity contribution in [2.75, 3.05) is 6.61 Å². The Kier molecular flexibility index (Phi) is 12.7. The van der Waals surface area contributed by atoms with Gasteiger partial charge in [0.05, 0.1) is 31.3 Å². The zero-order valence-electron chi connectivity index (χ0n) is 17.4. The van der Waals surface area contributed by atoms with Crippen LogP contribution in [-0.2, 0) is 14.1 Å². The van der Waals surface area contributed by atoms with E-state index in [-0.39, 0.29) is 15.6 Å². The minimum Gasteiger partial charge on any atom is -0.465 e. The number of carbonyl (C=O) groups is 2. The lowest BCUT2D eigenvalue weighted by atomic mass is 9.90. The first-order chi connectivity index (χ1) is 14.5. The Morgan fingerprint density at radius 3 is 2.10 bits per heavy atom. The number of unbranched alkanes of at least 4 members (excludes halogenated alkanes) is 1. The summed E-state index contributed by atoms with van der Waals surface area (Å²) < 4.78 is 13.9. The first-order valence-corrected chi connectivity index (χ1v) is 11.3. The second-order valence-corrected chi connectivity index (χ2v) is 7.67. The molecular weight excluding hydrogens is 442 g/mol. The lowest BCUT2D eigenvalue weighted by Crippen LogP contribution is -2.26. The van der Waals surface area contributed by atoms with Gasteiger partial charge in [0.15, 0.2) is 5.78 Å². The highest BCUT2D eigenvalue weighted by Gasteiger charge is 2.33. The molecule has 0 amide bonds. The van der Waals surface area contributed by atoms with Crippen molar-refractivity contribution in [1.29, 1.82) is 0 Å². The van der Waals surface area contributed by atoms with Crippen molar-refractivity contribution in [3.8, 4) is 0 Å². The molecule has 0 N–H and O–H groups in total. The Bertz CT molecular complexity index is 794. The van der Waals surface area contributed by atoms with Gasteiger partial charge in [-0.25, -0.2) is 0 Å². The van der Waals surface area contributed by atoms with Crippen molar-refractivity contribution in [1.82, 2.24) is 0 Å². The van der Waals surface area contributed by atoms with Crippen LogP contribution in [0.15, 0.2) is 48.5 Å². The first-order valence-electron chi connectivity index (χ1n) is 9.98. The molecule has 0 bridgehead atoms. The van der Waals surface area contributed by atoms with Crippen molar-refractivity contribution in [2.24, 2.45) is 5.92 Å². The van der Waals surface area contributed by atoms with Crippen LogP contribution in [0.1, 0.15) is 61.4 Å². The maximum atomic E-state index is 13.2. The van der Waals surface area contributed by atoms with E-state index < -0.39 is 17.7 Å². The number of Topliss-reactive ketones (excluding diaryl/α,β-unsaturated/α-hetero) is 1. The van der Waals surface area contributed by atoms with Crippen LogP contribution in [0, 0.1) is 5.92 Å². The van der Waals surface area contributed by atoms with E-state index in [9.17, 15) is 9.59 Å². The van der Waals surface area contributed by atoms with Crippen molar-refractivity contribution < 1.29 is 18.9 Å². The maximum absolute atomic E-state index is 13.2. The monoisotopic (exact) mass is 470 g/mol. The molecule has 2 aromatic rings. The van der Waals surface area contributed by atoms with Crippen LogP contribution in [0.4, 0.5) is 0 Å². The number of ketones is 1. The highest BCUT2D eigenvalue weighted by Crippen LogP contribution is 2.31. The molecule has 0 fully saturated rings. The Morgan fingerprint density at radius 1 is 0.967 bits per heavy atom. The molecule has 0 saturated carbocycles. The van der Waals surface area contributed by atoms with E-state index in [1.165, 1.54) is 0 Å². The molecule has 0 spiro atoms. The summed E-state index contributed by atoms with van der Waals surface area (Å²) in [5.41, 5.74) is 0.713. The molecule has 0 radical (unpaired) electrons. The smallest absolute Gasteiger partial charge is 0.321 e. The fourth-order valence-electron chi connectivity index (χ4n) is 3.10. The molecule has 7 heteroatoms. The van der Waals surface area contributed by atoms with E-state index in [2.05, 4.69) is 13.8 Å². The Labute approximate surface area is 190 Å². The predicted octanol–water partition coefficient (Wildman–Crippen LogP) is 6.66. The minimum absolute atomic E-state index is 0.148. The molecule has 2 rings (SSSR count). The third-order valence-electron chi connectivity index (χ3n) is 4.84. The van der Waals surface area contributed by atoms with Gasteiger partial charge < -0.3 is 9.30 Å². The first kappa shape index (κ1) is 26.4. The van der Waals surface area contributed by atoms with Crippen molar-refractivity contribution in [3.05, 3.63) is 69.7 Å². The third kappa shape index (κ3) is 7.58. The number of ether oxygens (including phenoxy) is 1. The van der Waals surface area contributed by atoms with E-state index in [1.54, 1.807) is 42.5 Å². The van der Waals surface area contributed by atoms with Crippen LogP contribution in [0.2, 0.25) is 10.0 Å². The van der Waals surface area contributed by atoms with E-state index in [0.717, 1.165) is 25.7 Å². The van der Waals surface area contributed by atoms with Crippen molar-refractivity contribution in [2.45, 2.75) is 45.4 Å². The minimum atomic E-state index is -1.10. The topological polar surface area (TPSA) is 60.4 Å². The molecule has 0 aliphatic carbocycles. The van der Waals surface area contributed by atoms with E-state index in [4.69, 9.17) is 32.5 Å². The normalized spacial score (nSPS) is 12.4. The quantitative estimate of drug-likeness (QED) is 0.168. The van der Waals surface area contributed by atoms with Crippen molar-refractivity contribution >= 4 is 44.1 Å². The lowest BCUT2D eigenvalue weighted by Gasteiger charge is -2.20. The fourth-order valence-corrected chi connectivity index (χ4v) is 3.68. The third-order valence-corrected chi connectivity index (χ3v) is 5.47. The molecule has 0 aromatic heterocycles. The number of carbonyl (C=O) groups excluding carboxylic acids is 2. The average Bonchev–Trinajstić information content (AvgIpc) is 2.76. The van der Waals surface area contributed by atoms with Gasteiger partial charge in [0.1, 0.15) is 5.92 Å². The SMILES string of the molecule is CCCCC(CC)COC(=O)C(C(=O)c1c(Cl)cccc1Cl)c1ccccc1.O=[PH3]. The Hall–Kier alpha value is -1.61. The molecule has 2 aromatic carbocycles. The summed E-state index contributed by atoms with van der Waals surface area (Å²) in [6.45, 7) is 4.52. The summed E-state index contributed by atoms with van der Waals surface area (Å²) in [6.07, 6.45) is 4.11. The van der Waals surface area contributed by atoms with Gasteiger partial charge in [0.25, 0.3) is 0 Å². The van der Waals surface area contributed by atoms with Crippen LogP contribution >= 0.6 is 32.3 Å². The molecule has 0 aliphatic rings. The number of esters is 1. The summed E-state index contributed by atoms with van der Waals surface area (Å²) in [5.74, 6) is -1.82. The fraction of sp³-hybridized carbons (Fsp3) is 0.391. The average molecular weight is 471 g/mol. The summed E-state index contributed by atoms with van der Waals surface area (Å²) >= 11 is 12.4. The molecule has 3 unspecified atom stereocenters. The standard InChI is InChI=1S/C23H26Cl2O3.H3OP/c1-3-5-10-16(4-2)15-28-23(27)20(17-11-7-6-8-12-17)22(26)21-18(24)13-9-14-19(21)25;1-2/h6-9,11-14,16,20H,3-5,10,15H2,1-2H3;2H3. The maximum Gasteiger partial charge on any atom is 0.321 e. The zero-order chi connectivity index (χ0) is 22.5. The van der Waals surface area contributed by atoms with Crippen LogP contribution in [-0.4, -0.2) is 18.4 Å². The molecule has 3 atom stereocenters.